The first-order valence-electron chi connectivity index (χ1n) is 11.2. The molecule has 0 saturated carbocycles. The lowest BCUT2D eigenvalue weighted by Crippen LogP contribution is -2.40. The number of amides is 2. The van der Waals surface area contributed by atoms with Gasteiger partial charge in [-0.05, 0) is 54.7 Å². The number of nitrogens with one attached hydrogen (secondary N) is 1. The van der Waals surface area contributed by atoms with Crippen LogP contribution in [0.2, 0.25) is 5.02 Å². The fraction of sp³-hybridized carbons (Fsp3) is 0.440. The van der Waals surface area contributed by atoms with E-state index in [1.54, 1.807) is 7.11 Å². The van der Waals surface area contributed by atoms with Gasteiger partial charge in [-0.15, -0.1) is 0 Å². The minimum atomic E-state index is 0.0262. The largest absolute Gasteiger partial charge is 0.497 e. The van der Waals surface area contributed by atoms with E-state index in [9.17, 15) is 9.59 Å². The van der Waals surface area contributed by atoms with Crippen molar-refractivity contribution in [1.82, 2.24) is 15.1 Å². The normalized spacial score (nSPS) is 14.6. The lowest BCUT2D eigenvalue weighted by atomic mass is 10.1. The number of ether oxygens (including phenoxy) is 1. The van der Waals surface area contributed by atoms with Crippen LogP contribution in [-0.4, -0.2) is 68.0 Å². The summed E-state index contributed by atoms with van der Waals surface area (Å²) in [4.78, 5) is 29.1. The van der Waals surface area contributed by atoms with Gasteiger partial charge in [0.15, 0.2) is 0 Å². The molecule has 2 amide bonds. The SMILES string of the molecule is COc1ccc(CCC(=O)N2CCCN(CC(=O)NCCc3ccc(Cl)cc3)CC2)cc1. The number of carbonyl (C=O) groups is 2. The highest BCUT2D eigenvalue weighted by Crippen LogP contribution is 2.14. The highest BCUT2D eigenvalue weighted by Gasteiger charge is 2.20. The molecule has 1 fully saturated rings. The maximum absolute atomic E-state index is 12.7. The standard InChI is InChI=1S/C25H32ClN3O3/c1-32-23-10-5-20(6-11-23)7-12-25(31)29-16-2-15-28(17-18-29)19-24(30)27-14-13-21-3-8-22(26)9-4-21/h3-6,8-11H,2,7,12-19H2,1H3,(H,27,30). The van der Waals surface area contributed by atoms with E-state index in [1.807, 2.05) is 53.4 Å². The Bertz CT molecular complexity index is 871. The average Bonchev–Trinajstić information content (AvgIpc) is 3.04. The van der Waals surface area contributed by atoms with Crippen LogP contribution in [-0.2, 0) is 22.4 Å². The molecule has 0 aliphatic carbocycles. The van der Waals surface area contributed by atoms with Crippen LogP contribution in [0.3, 0.4) is 0 Å². The molecule has 3 rings (SSSR count). The summed E-state index contributed by atoms with van der Waals surface area (Å²) in [6.45, 7) is 3.93. The zero-order valence-electron chi connectivity index (χ0n) is 18.7. The van der Waals surface area contributed by atoms with Gasteiger partial charge in [0.05, 0.1) is 13.7 Å². The Hall–Kier alpha value is -2.57. The van der Waals surface area contributed by atoms with Crippen LogP contribution >= 0.6 is 11.6 Å². The molecule has 0 spiro atoms. The van der Waals surface area contributed by atoms with E-state index in [1.165, 1.54) is 0 Å². The van der Waals surface area contributed by atoms with Gasteiger partial charge < -0.3 is 15.0 Å². The van der Waals surface area contributed by atoms with Gasteiger partial charge >= 0.3 is 0 Å². The van der Waals surface area contributed by atoms with Gasteiger partial charge in [0, 0.05) is 44.2 Å². The van der Waals surface area contributed by atoms with Crippen LogP contribution < -0.4 is 10.1 Å². The van der Waals surface area contributed by atoms with Crippen LogP contribution in [0.25, 0.3) is 0 Å². The van der Waals surface area contributed by atoms with Gasteiger partial charge in [0.1, 0.15) is 5.75 Å². The van der Waals surface area contributed by atoms with Crippen molar-refractivity contribution in [2.75, 3.05) is 46.4 Å². The Kier molecular flexibility index (Phi) is 9.38. The summed E-state index contributed by atoms with van der Waals surface area (Å²) in [6.07, 6.45) is 2.88. The molecule has 0 atom stereocenters. The van der Waals surface area contributed by atoms with E-state index in [4.69, 9.17) is 16.3 Å². The Morgan fingerprint density at radius 1 is 0.938 bits per heavy atom. The quantitative estimate of drug-likeness (QED) is 0.628. The van der Waals surface area contributed by atoms with Gasteiger partial charge in [-0.25, -0.2) is 0 Å². The summed E-state index contributed by atoms with van der Waals surface area (Å²) in [5.74, 6) is 1.02. The number of hydrogen-bond acceptors (Lipinski definition) is 4. The fourth-order valence-electron chi connectivity index (χ4n) is 3.84. The number of halogens is 1. The highest BCUT2D eigenvalue weighted by molar-refractivity contribution is 6.30. The molecule has 1 heterocycles. The van der Waals surface area contributed by atoms with Crippen LogP contribution in [0.4, 0.5) is 0 Å². The predicted octanol–water partition coefficient (Wildman–Crippen LogP) is 3.17. The number of nitrogens with zero attached hydrogens (tertiary/aromatic N) is 2. The number of hydrogen-bond donors (Lipinski definition) is 1. The van der Waals surface area contributed by atoms with Crippen molar-refractivity contribution < 1.29 is 14.3 Å². The first kappa shape index (κ1) is 24.1. The van der Waals surface area contributed by atoms with E-state index in [2.05, 4.69) is 10.2 Å². The lowest BCUT2D eigenvalue weighted by molar-refractivity contribution is -0.131. The fourth-order valence-corrected chi connectivity index (χ4v) is 3.96. The lowest BCUT2D eigenvalue weighted by Gasteiger charge is -2.22. The Labute approximate surface area is 195 Å². The molecule has 1 saturated heterocycles. The number of carbonyl (C=O) groups excluding carboxylic acids is 2. The maximum Gasteiger partial charge on any atom is 0.234 e. The first-order chi connectivity index (χ1) is 15.5. The third kappa shape index (κ3) is 7.84. The van der Waals surface area contributed by atoms with E-state index in [-0.39, 0.29) is 11.8 Å². The van der Waals surface area contributed by atoms with Crippen molar-refractivity contribution in [2.45, 2.75) is 25.7 Å². The maximum atomic E-state index is 12.7. The summed E-state index contributed by atoms with van der Waals surface area (Å²) in [7, 11) is 1.65. The monoisotopic (exact) mass is 457 g/mol. The molecule has 32 heavy (non-hydrogen) atoms. The third-order valence-electron chi connectivity index (χ3n) is 5.74. The van der Waals surface area contributed by atoms with Crippen LogP contribution in [0.1, 0.15) is 24.0 Å². The molecule has 0 radical (unpaired) electrons. The number of methoxy groups -OCH3 is 1. The van der Waals surface area contributed by atoms with Gasteiger partial charge in [-0.3, -0.25) is 14.5 Å². The van der Waals surface area contributed by atoms with Crippen LogP contribution in [0, 0.1) is 0 Å². The molecule has 172 valence electrons. The number of rotatable bonds is 9. The minimum Gasteiger partial charge on any atom is -0.497 e. The smallest absolute Gasteiger partial charge is 0.234 e. The molecule has 0 bridgehead atoms. The van der Waals surface area contributed by atoms with Crippen molar-refractivity contribution >= 4 is 23.4 Å². The van der Waals surface area contributed by atoms with Gasteiger partial charge in [-0.1, -0.05) is 35.9 Å². The van der Waals surface area contributed by atoms with Gasteiger partial charge in [-0.2, -0.15) is 0 Å². The minimum absolute atomic E-state index is 0.0262. The number of aryl methyl sites for hydroxylation is 1. The van der Waals surface area contributed by atoms with E-state index < -0.39 is 0 Å². The number of benzene rings is 2. The van der Waals surface area contributed by atoms with Gasteiger partial charge in [0.2, 0.25) is 11.8 Å². The summed E-state index contributed by atoms with van der Waals surface area (Å²) < 4.78 is 5.17. The molecule has 1 aliphatic heterocycles. The van der Waals surface area contributed by atoms with Crippen LogP contribution in [0.15, 0.2) is 48.5 Å². The zero-order valence-corrected chi connectivity index (χ0v) is 19.4. The van der Waals surface area contributed by atoms with Crippen molar-refractivity contribution in [3.05, 3.63) is 64.7 Å². The summed E-state index contributed by atoms with van der Waals surface area (Å²) in [5.41, 5.74) is 2.28. The van der Waals surface area contributed by atoms with Crippen molar-refractivity contribution in [1.29, 1.82) is 0 Å². The molecule has 6 nitrogen and oxygen atoms in total. The van der Waals surface area contributed by atoms with Crippen LogP contribution in [0.5, 0.6) is 5.75 Å². The second kappa shape index (κ2) is 12.5. The molecule has 0 unspecified atom stereocenters. The van der Waals surface area contributed by atoms with Crippen molar-refractivity contribution in [3.63, 3.8) is 0 Å². The molecule has 2 aromatic rings. The van der Waals surface area contributed by atoms with E-state index in [0.29, 0.717) is 31.1 Å². The first-order valence-corrected chi connectivity index (χ1v) is 11.6. The predicted molar refractivity (Wildman–Crippen MR) is 127 cm³/mol. The Morgan fingerprint density at radius 2 is 1.62 bits per heavy atom. The average molecular weight is 458 g/mol. The molecule has 2 aromatic carbocycles. The molecular weight excluding hydrogens is 426 g/mol. The molecule has 0 aromatic heterocycles. The summed E-state index contributed by atoms with van der Waals surface area (Å²) in [6, 6.07) is 15.5. The highest BCUT2D eigenvalue weighted by atomic mass is 35.5. The summed E-state index contributed by atoms with van der Waals surface area (Å²) >= 11 is 5.90. The van der Waals surface area contributed by atoms with Crippen molar-refractivity contribution in [3.8, 4) is 5.75 Å². The van der Waals surface area contributed by atoms with Crippen molar-refractivity contribution in [2.24, 2.45) is 0 Å². The third-order valence-corrected chi connectivity index (χ3v) is 6.00. The van der Waals surface area contributed by atoms with E-state index in [0.717, 1.165) is 55.8 Å². The van der Waals surface area contributed by atoms with Gasteiger partial charge in [0.25, 0.3) is 0 Å². The molecule has 1 aliphatic rings. The molecule has 1 N–H and O–H groups in total. The topological polar surface area (TPSA) is 61.9 Å². The van der Waals surface area contributed by atoms with E-state index >= 15 is 0 Å². The second-order valence-corrected chi connectivity index (χ2v) is 8.52. The molecular formula is C25H32ClN3O3. The Morgan fingerprint density at radius 3 is 2.34 bits per heavy atom. The molecule has 7 heteroatoms. The zero-order chi connectivity index (χ0) is 22.8. The Balaban J connectivity index is 1.35. The second-order valence-electron chi connectivity index (χ2n) is 8.08. The summed E-state index contributed by atoms with van der Waals surface area (Å²) in [5, 5.41) is 3.71.